The molecule has 0 bridgehead atoms. The molecule has 2 saturated heterocycles. The number of aromatic amines is 2. The summed E-state index contributed by atoms with van der Waals surface area (Å²) in [4.78, 5) is 265. The summed E-state index contributed by atoms with van der Waals surface area (Å²) in [6.07, 6.45) is 1.78. The normalized spacial score (nSPS) is 25.6. The molecular weight excluding hydrogens is 1800 g/mol. The lowest BCUT2D eigenvalue weighted by Crippen LogP contribution is -2.62. The number of nitrogens with two attached hydrogens (primary N) is 3. The Kier molecular flexibility index (Phi) is 38.9. The number of thioether (sulfide) groups is 1. The smallest absolute Gasteiger partial charge is 0.246 e. The molecule has 1 spiro atoms. The Balaban J connectivity index is 1.10. The first kappa shape index (κ1) is 106. The third kappa shape index (κ3) is 29.1. The molecule has 45 heteroatoms. The van der Waals surface area contributed by atoms with Crippen molar-refractivity contribution in [3.63, 3.8) is 0 Å². The Bertz CT molecular complexity index is 5290. The molecule has 3 aromatic heterocycles. The first-order valence-corrected chi connectivity index (χ1v) is 47.4. The van der Waals surface area contributed by atoms with Crippen LogP contribution in [0.2, 0.25) is 0 Å². The van der Waals surface area contributed by atoms with Crippen LogP contribution in [0.4, 0.5) is 0 Å². The fraction of sp³-hybridized carbons (Fsp3) is 0.527. The molecule has 3 aromatic carbocycles. The molecule has 9 rings (SSSR count). The van der Waals surface area contributed by atoms with Crippen molar-refractivity contribution in [1.29, 1.82) is 5.41 Å². The number of phenols is 1. The lowest BCUT2D eigenvalue weighted by molar-refractivity contribution is -0.149. The van der Waals surface area contributed by atoms with Crippen molar-refractivity contribution in [2.75, 3.05) is 58.9 Å². The minimum absolute atomic E-state index is 0.00614. The number of guanidine groups is 1. The fourth-order valence-electron chi connectivity index (χ4n) is 16.5. The van der Waals surface area contributed by atoms with Gasteiger partial charge in [-0.1, -0.05) is 109 Å². The summed E-state index contributed by atoms with van der Waals surface area (Å²) in [6, 6.07) is -0.789. The summed E-state index contributed by atoms with van der Waals surface area (Å²) in [6.45, 7) is 7.71. The first-order valence-electron chi connectivity index (χ1n) is 45.4. The number of imidazole rings is 1. The average molecular weight is 1930 g/mol. The zero-order chi connectivity index (χ0) is 99.5. The molecule has 0 radical (unpaired) electrons. The van der Waals surface area contributed by atoms with E-state index in [4.69, 9.17) is 22.6 Å². The number of aliphatic hydroxyl groups is 2. The molecule has 6 aromatic rings. The van der Waals surface area contributed by atoms with Crippen LogP contribution in [0.3, 0.4) is 0 Å². The minimum Gasteiger partial charge on any atom is -0.508 e. The van der Waals surface area contributed by atoms with E-state index in [2.05, 4.69) is 78.8 Å². The van der Waals surface area contributed by atoms with Crippen molar-refractivity contribution in [1.82, 2.24) is 98.4 Å². The molecule has 17 amide bonds. The number of fused-ring (bicyclic) bond motifs is 3. The van der Waals surface area contributed by atoms with E-state index in [1.165, 1.54) is 76.2 Å². The van der Waals surface area contributed by atoms with Crippen LogP contribution >= 0.6 is 23.1 Å². The highest BCUT2D eigenvalue weighted by Crippen LogP contribution is 2.44. The summed E-state index contributed by atoms with van der Waals surface area (Å²) in [5, 5.41) is 75.6. The number of carbonyl (C=O) groups is 17. The number of nitrogens with one attached hydrogen (secondary N) is 15. The van der Waals surface area contributed by atoms with Gasteiger partial charge >= 0.3 is 0 Å². The van der Waals surface area contributed by atoms with Gasteiger partial charge in [-0.05, 0) is 109 Å². The van der Waals surface area contributed by atoms with Gasteiger partial charge in [-0.2, -0.15) is 0 Å². The number of phenolic OH excluding ortho intramolecular Hbond substituents is 1. The largest absolute Gasteiger partial charge is 0.508 e. The second kappa shape index (κ2) is 49.8. The number of hydrogen-bond acceptors (Lipinski definition) is 24. The lowest BCUT2D eigenvalue weighted by Gasteiger charge is -2.36. The molecule has 5 heterocycles. The monoisotopic (exact) mass is 1930 g/mol. The number of para-hydroxylation sites is 1. The number of aromatic nitrogens is 3. The highest BCUT2D eigenvalue weighted by atomic mass is 32.2. The maximum atomic E-state index is 15.8. The van der Waals surface area contributed by atoms with E-state index in [1.54, 1.807) is 62.7 Å². The number of aliphatic hydroxyl groups excluding tert-OH is 2. The number of hydrogen-bond donors (Lipinski definition) is 21. The Hall–Kier alpha value is -13.3. The second-order valence-electron chi connectivity index (χ2n) is 35.2. The van der Waals surface area contributed by atoms with Crippen LogP contribution in [-0.2, 0) is 107 Å². The summed E-state index contributed by atoms with van der Waals surface area (Å²) in [7, 11) is 3.90. The average Bonchev–Trinajstić information content (AvgIpc) is 1.58. The van der Waals surface area contributed by atoms with Gasteiger partial charge in [-0.3, -0.25) is 86.9 Å². The van der Waals surface area contributed by atoms with Gasteiger partial charge in [-0.15, -0.1) is 23.1 Å². The topological polar surface area (TPSA) is 655 Å². The number of primary amides is 2. The standard InChI is InChI=1S/C91H127N23O20S2/c1-10-12-23-69-83(128)102-60(22-18-30-97-90(94)95)78(123)108-68(77(122)99-41-74(93)119)45-135-46-75(120)101-65(32-51-26-28-55(116)29-27-51)85(130)111(7)50(6)76(121)103-63(37-73(92)118)82(127)110-91(38-49(91)5)89(134)109-62(35-54-40-96-47-100-54)80(125)105-64(31-48(3)4)87(132)114-42-56(117)36-71(114)84(129)104-61(33-52-39-98-59-21-16-14-19-57(52)59)79(124)107-67(43-115)81(126)106-66(34-53-44-136-72-25-17-15-20-58(53)72)86(131)113(9)70(24-13-11-2)88(133)112(69)8/h14-17,19-21,25-29,39-40,44,47-50,56,60-71,98,115-117H,10-13,18,22-24,30-38,41-43,45-46H2,1-9H3,(H2,92,118)(H2,93,119)(H,96,100)(H,99,122)(H,101,120)(H,102,128)(H,103,121)(H,104,129)(H,105,125)(H,106,126)(H,107,124)(H,108,123)(H,109,134)(H,110,127)(H4,94,95,97)/t49-,50-,56+,60-,61?,62-,63-,64-,65-,66-,67-,68?,69-,70-,71-,91-/m0/s1. The predicted octanol–water partition coefficient (Wildman–Crippen LogP) is -2.29. The van der Waals surface area contributed by atoms with E-state index >= 15 is 43.2 Å². The zero-order valence-corrected chi connectivity index (χ0v) is 79.2. The molecule has 3 aliphatic rings. The van der Waals surface area contributed by atoms with E-state index in [1.807, 2.05) is 32.0 Å². The van der Waals surface area contributed by atoms with Crippen LogP contribution < -0.4 is 81.0 Å². The Morgan fingerprint density at radius 2 is 1.18 bits per heavy atom. The first-order chi connectivity index (χ1) is 64.6. The Morgan fingerprint density at radius 1 is 0.596 bits per heavy atom. The number of benzene rings is 3. The predicted molar refractivity (Wildman–Crippen MR) is 503 cm³/mol. The molecule has 2 unspecified atom stereocenters. The molecular formula is C91H127N23O20S2. The van der Waals surface area contributed by atoms with E-state index in [0.29, 0.717) is 64.4 Å². The summed E-state index contributed by atoms with van der Waals surface area (Å²) in [5.74, 6) is -19.0. The summed E-state index contributed by atoms with van der Waals surface area (Å²) < 4.78 is 0.810. The number of nitrogens with zero attached hydrogens (tertiary/aromatic N) is 5. The van der Waals surface area contributed by atoms with Gasteiger partial charge in [0.1, 0.15) is 89.8 Å². The summed E-state index contributed by atoms with van der Waals surface area (Å²) >= 11 is 2.10. The van der Waals surface area contributed by atoms with Crippen LogP contribution in [0.15, 0.2) is 96.9 Å². The van der Waals surface area contributed by atoms with Crippen LogP contribution in [0.5, 0.6) is 5.75 Å². The number of carbonyl (C=O) groups excluding carboxylic acids is 17. The molecule has 1 aliphatic carbocycles. The van der Waals surface area contributed by atoms with Gasteiger partial charge < -0.3 is 126 Å². The third-order valence-electron chi connectivity index (χ3n) is 24.4. The van der Waals surface area contributed by atoms with Crippen molar-refractivity contribution in [3.05, 3.63) is 119 Å². The SMILES string of the molecule is CCCC[C@H]1C(=O)N(C)[C@@H](CCCC)C(=O)N[C@@H](CCCNC(=N)N)C(=O)NC(C(=O)NCC(N)=O)CSCC(=O)N[C@@H](Cc2ccc(O)cc2)C(=O)N(C)[C@@H](C)C(=O)N[C@@H](CC(N)=O)C(=O)N[C@]2(C[C@@H]2C)C(=O)N[C@@H](Cc2cnc[nH]2)C(=O)N[C@@H](CC(C)C)C(=O)N2C[C@H](O)C[C@H]2C(=O)NC(Cc2c[nH]c3ccccc23)C(=O)N[C@@H](CO)C(=O)N[C@@H](Cc2csc3ccccc23)C(=O)N1C. The van der Waals surface area contributed by atoms with Crippen molar-refractivity contribution >= 4 is 150 Å². The van der Waals surface area contributed by atoms with Crippen molar-refractivity contribution < 1.29 is 96.8 Å². The Labute approximate surface area is 794 Å². The highest BCUT2D eigenvalue weighted by Gasteiger charge is 2.60. The van der Waals surface area contributed by atoms with Gasteiger partial charge in [0, 0.05) is 106 Å². The molecule has 16 atom stereocenters. The Morgan fingerprint density at radius 3 is 1.82 bits per heavy atom. The summed E-state index contributed by atoms with van der Waals surface area (Å²) in [5.41, 5.74) is 17.3. The molecule has 43 nitrogen and oxygen atoms in total. The van der Waals surface area contributed by atoms with Crippen molar-refractivity contribution in [3.8, 4) is 5.75 Å². The molecule has 3 fully saturated rings. The van der Waals surface area contributed by atoms with Crippen molar-refractivity contribution in [2.45, 2.75) is 234 Å². The van der Waals surface area contributed by atoms with E-state index in [0.717, 1.165) is 36.1 Å². The molecule has 24 N–H and O–H groups in total. The van der Waals surface area contributed by atoms with Gasteiger partial charge in [0.2, 0.25) is 100 Å². The van der Waals surface area contributed by atoms with Gasteiger partial charge in [-0.25, -0.2) is 4.98 Å². The molecule has 136 heavy (non-hydrogen) atoms. The fourth-order valence-corrected chi connectivity index (χ4v) is 18.3. The lowest BCUT2D eigenvalue weighted by atomic mass is 10.00. The van der Waals surface area contributed by atoms with Crippen LogP contribution in [0, 0.1) is 17.2 Å². The third-order valence-corrected chi connectivity index (χ3v) is 26.5. The number of aromatic hydroxyl groups is 1. The number of thiophene rings is 1. The zero-order valence-electron chi connectivity index (χ0n) is 77.6. The second-order valence-corrected chi connectivity index (χ2v) is 37.2. The number of H-pyrrole nitrogens is 2. The maximum Gasteiger partial charge on any atom is 0.246 e. The number of rotatable bonds is 26. The molecule has 738 valence electrons. The van der Waals surface area contributed by atoms with E-state index < -0.39 is 247 Å². The number of likely N-dealkylation sites (N-methyl/N-ethyl adjacent to an activating group) is 3. The highest BCUT2D eigenvalue weighted by molar-refractivity contribution is 8.00. The van der Waals surface area contributed by atoms with Gasteiger partial charge in [0.15, 0.2) is 5.96 Å². The minimum atomic E-state index is -1.89. The van der Waals surface area contributed by atoms with Crippen molar-refractivity contribution in [2.24, 2.45) is 29.0 Å². The van der Waals surface area contributed by atoms with Crippen LogP contribution in [-0.4, -0.2) is 305 Å². The quantitative estimate of drug-likeness (QED) is 0.0154. The maximum absolute atomic E-state index is 15.8. The number of amides is 17. The number of unbranched alkanes of at least 4 members (excludes halogenated alkanes) is 2. The van der Waals surface area contributed by atoms with Gasteiger partial charge in [0.25, 0.3) is 0 Å². The van der Waals surface area contributed by atoms with E-state index in [-0.39, 0.29) is 82.4 Å². The van der Waals surface area contributed by atoms with E-state index in [9.17, 15) is 53.7 Å². The van der Waals surface area contributed by atoms with Gasteiger partial charge in [0.05, 0.1) is 37.8 Å². The van der Waals surface area contributed by atoms with Crippen LogP contribution in [0.25, 0.3) is 21.0 Å². The molecule has 1 saturated carbocycles. The molecule has 2 aliphatic heterocycles. The van der Waals surface area contributed by atoms with Crippen LogP contribution in [0.1, 0.15) is 141 Å².